The predicted octanol–water partition coefficient (Wildman–Crippen LogP) is 6.21. The fraction of sp³-hybridized carbons (Fsp3) is 0.591. The number of hydrogen-bond donors (Lipinski definition) is 0. The van der Waals surface area contributed by atoms with Crippen LogP contribution in [0.1, 0.15) is 62.2 Å². The number of fused-ring (bicyclic) bond motifs is 2. The van der Waals surface area contributed by atoms with Crippen LogP contribution in [0.4, 0.5) is 13.2 Å². The van der Waals surface area contributed by atoms with Crippen LogP contribution in [0.25, 0.3) is 11.3 Å². The van der Waals surface area contributed by atoms with E-state index >= 15 is 0 Å². The molecule has 0 spiro atoms. The van der Waals surface area contributed by atoms with Crippen LogP contribution in [0, 0.1) is 11.8 Å². The van der Waals surface area contributed by atoms with Crippen molar-refractivity contribution in [3.63, 3.8) is 0 Å². The topological polar surface area (TPSA) is 44.5 Å². The first kappa shape index (κ1) is 19.0. The van der Waals surface area contributed by atoms with Gasteiger partial charge in [0.05, 0.1) is 12.7 Å². The standard InChI is InChI=1S/C22H24F3NO3/c23-22(24,25)28-19-4-2-1-3-17(19)20-18(21(29-26-20)15-7-8-15)12-27-16-10-13-5-6-14(9-13)11-16/h1-4,13-16H,5-12H2/t13-,14?,16-/m0/s1. The smallest absolute Gasteiger partial charge is 0.405 e. The van der Waals surface area contributed by atoms with Gasteiger partial charge in [0.2, 0.25) is 0 Å². The van der Waals surface area contributed by atoms with E-state index in [0.717, 1.165) is 48.8 Å². The van der Waals surface area contributed by atoms with Crippen LogP contribution in [0.15, 0.2) is 28.8 Å². The quantitative estimate of drug-likeness (QED) is 0.571. The normalized spacial score (nSPS) is 26.7. The number of rotatable bonds is 6. The lowest BCUT2D eigenvalue weighted by molar-refractivity contribution is -0.274. The molecule has 4 nitrogen and oxygen atoms in total. The summed E-state index contributed by atoms with van der Waals surface area (Å²) in [5.74, 6) is 2.27. The highest BCUT2D eigenvalue weighted by Crippen LogP contribution is 2.47. The number of ether oxygens (including phenoxy) is 2. The molecule has 3 fully saturated rings. The van der Waals surface area contributed by atoms with Crippen LogP contribution in [0.5, 0.6) is 5.75 Å². The van der Waals surface area contributed by atoms with Crippen LogP contribution in [-0.4, -0.2) is 17.6 Å². The van der Waals surface area contributed by atoms with Gasteiger partial charge in [-0.25, -0.2) is 0 Å². The summed E-state index contributed by atoms with van der Waals surface area (Å²) in [6.07, 6.45) is 3.50. The molecule has 156 valence electrons. The first-order chi connectivity index (χ1) is 14.0. The number of para-hydroxylation sites is 1. The van der Waals surface area contributed by atoms with Gasteiger partial charge in [-0.05, 0) is 56.1 Å². The van der Waals surface area contributed by atoms with E-state index in [1.807, 2.05) is 0 Å². The summed E-state index contributed by atoms with van der Waals surface area (Å²) in [4.78, 5) is 0. The van der Waals surface area contributed by atoms with E-state index in [-0.39, 0.29) is 23.3 Å². The monoisotopic (exact) mass is 407 g/mol. The highest BCUT2D eigenvalue weighted by molar-refractivity contribution is 5.70. The summed E-state index contributed by atoms with van der Waals surface area (Å²) < 4.78 is 54.7. The number of halogens is 3. The lowest BCUT2D eigenvalue weighted by atomic mass is 9.87. The molecule has 1 unspecified atom stereocenters. The van der Waals surface area contributed by atoms with E-state index in [2.05, 4.69) is 9.89 Å². The van der Waals surface area contributed by atoms with Crippen molar-refractivity contribution >= 4 is 0 Å². The SMILES string of the molecule is FC(F)(F)Oc1ccccc1-c1noc(C2CC2)c1CO[C@@H]1CC2CC[C@@H](C2)C1. The molecule has 0 radical (unpaired) electrons. The summed E-state index contributed by atoms with van der Waals surface area (Å²) >= 11 is 0. The molecule has 0 aliphatic heterocycles. The van der Waals surface area contributed by atoms with Gasteiger partial charge in [0.25, 0.3) is 0 Å². The van der Waals surface area contributed by atoms with Gasteiger partial charge in [-0.3, -0.25) is 0 Å². The molecule has 3 aliphatic rings. The lowest BCUT2D eigenvalue weighted by Gasteiger charge is -2.27. The van der Waals surface area contributed by atoms with Crippen molar-refractivity contribution < 1.29 is 27.2 Å². The van der Waals surface area contributed by atoms with E-state index in [1.165, 1.54) is 31.4 Å². The van der Waals surface area contributed by atoms with Crippen molar-refractivity contribution in [3.8, 4) is 17.0 Å². The minimum atomic E-state index is -4.77. The molecule has 1 heterocycles. The Labute approximate surface area is 167 Å². The van der Waals surface area contributed by atoms with Crippen LogP contribution < -0.4 is 4.74 Å². The molecular formula is C22H24F3NO3. The van der Waals surface area contributed by atoms with Gasteiger partial charge in [0, 0.05) is 17.0 Å². The Morgan fingerprint density at radius 2 is 1.72 bits per heavy atom. The molecule has 7 heteroatoms. The molecule has 2 aromatic rings. The number of aromatic nitrogens is 1. The molecule has 29 heavy (non-hydrogen) atoms. The second-order valence-electron chi connectivity index (χ2n) is 8.64. The zero-order valence-corrected chi connectivity index (χ0v) is 16.1. The molecule has 3 saturated carbocycles. The molecule has 0 saturated heterocycles. The Bertz CT molecular complexity index is 862. The van der Waals surface area contributed by atoms with E-state index in [9.17, 15) is 13.2 Å². The lowest BCUT2D eigenvalue weighted by Crippen LogP contribution is -2.23. The van der Waals surface area contributed by atoms with E-state index in [1.54, 1.807) is 12.1 Å². The average molecular weight is 407 g/mol. The minimum absolute atomic E-state index is 0.206. The van der Waals surface area contributed by atoms with E-state index in [4.69, 9.17) is 9.26 Å². The highest BCUT2D eigenvalue weighted by atomic mass is 19.4. The number of nitrogens with zero attached hydrogens (tertiary/aromatic N) is 1. The summed E-state index contributed by atoms with van der Waals surface area (Å²) in [5.41, 5.74) is 1.44. The van der Waals surface area contributed by atoms with Gasteiger partial charge in [0.15, 0.2) is 0 Å². The molecule has 1 aromatic carbocycles. The Kier molecular flexibility index (Phi) is 4.81. The summed E-state index contributed by atoms with van der Waals surface area (Å²) in [7, 11) is 0. The zero-order chi connectivity index (χ0) is 20.0. The van der Waals surface area contributed by atoms with Crippen molar-refractivity contribution in [3.05, 3.63) is 35.6 Å². The Morgan fingerprint density at radius 1 is 1.00 bits per heavy atom. The van der Waals surface area contributed by atoms with Crippen molar-refractivity contribution in [2.24, 2.45) is 11.8 Å². The Hall–Kier alpha value is -2.02. The summed E-state index contributed by atoms with van der Waals surface area (Å²) in [6, 6.07) is 6.08. The third kappa shape index (κ3) is 4.15. The molecule has 0 amide bonds. The predicted molar refractivity (Wildman–Crippen MR) is 99.2 cm³/mol. The second-order valence-corrected chi connectivity index (χ2v) is 8.64. The first-order valence-electron chi connectivity index (χ1n) is 10.4. The summed E-state index contributed by atoms with van der Waals surface area (Å²) in [6.45, 7) is 0.315. The van der Waals surface area contributed by atoms with Gasteiger partial charge in [0.1, 0.15) is 17.2 Å². The Morgan fingerprint density at radius 3 is 2.41 bits per heavy atom. The van der Waals surface area contributed by atoms with E-state index < -0.39 is 6.36 Å². The third-order valence-electron chi connectivity index (χ3n) is 6.44. The van der Waals surface area contributed by atoms with Gasteiger partial charge < -0.3 is 14.0 Å². The van der Waals surface area contributed by atoms with Gasteiger partial charge in [-0.15, -0.1) is 13.2 Å². The van der Waals surface area contributed by atoms with Crippen molar-refractivity contribution in [2.45, 2.75) is 69.9 Å². The number of hydrogen-bond acceptors (Lipinski definition) is 4. The zero-order valence-electron chi connectivity index (χ0n) is 16.1. The maximum Gasteiger partial charge on any atom is 0.573 e. The maximum absolute atomic E-state index is 12.9. The molecular weight excluding hydrogens is 383 g/mol. The van der Waals surface area contributed by atoms with Crippen molar-refractivity contribution in [1.29, 1.82) is 0 Å². The maximum atomic E-state index is 12.9. The molecule has 0 N–H and O–H groups in total. The van der Waals surface area contributed by atoms with E-state index in [0.29, 0.717) is 12.3 Å². The molecule has 2 bridgehead atoms. The van der Waals surface area contributed by atoms with Gasteiger partial charge in [-0.1, -0.05) is 30.1 Å². The second kappa shape index (κ2) is 7.35. The molecule has 5 rings (SSSR count). The fourth-order valence-electron chi connectivity index (χ4n) is 5.00. The minimum Gasteiger partial charge on any atom is -0.405 e. The van der Waals surface area contributed by atoms with Crippen LogP contribution in [0.3, 0.4) is 0 Å². The van der Waals surface area contributed by atoms with Gasteiger partial charge >= 0.3 is 6.36 Å². The summed E-state index contributed by atoms with van der Waals surface area (Å²) in [5, 5.41) is 4.14. The Balaban J connectivity index is 1.41. The molecule has 1 aromatic heterocycles. The van der Waals surface area contributed by atoms with Crippen LogP contribution >= 0.6 is 0 Å². The van der Waals surface area contributed by atoms with Gasteiger partial charge in [-0.2, -0.15) is 0 Å². The van der Waals surface area contributed by atoms with Crippen molar-refractivity contribution in [2.75, 3.05) is 0 Å². The average Bonchev–Trinajstić information content (AvgIpc) is 3.35. The molecule has 3 atom stereocenters. The molecule has 3 aliphatic carbocycles. The first-order valence-corrected chi connectivity index (χ1v) is 10.4. The van der Waals surface area contributed by atoms with Crippen molar-refractivity contribution in [1.82, 2.24) is 5.16 Å². The number of benzene rings is 1. The number of alkyl halides is 3. The highest BCUT2D eigenvalue weighted by Gasteiger charge is 2.37. The van der Waals surface area contributed by atoms with Crippen LogP contribution in [-0.2, 0) is 11.3 Å². The largest absolute Gasteiger partial charge is 0.573 e. The third-order valence-corrected chi connectivity index (χ3v) is 6.44. The van der Waals surface area contributed by atoms with Crippen LogP contribution in [0.2, 0.25) is 0 Å². The fourth-order valence-corrected chi connectivity index (χ4v) is 5.00.